The predicted octanol–water partition coefficient (Wildman–Crippen LogP) is -5.36. The minimum Gasteiger partial charge on any atom is -0.550 e. The maximum Gasteiger partial charge on any atom is 1.00 e. The molecule has 0 fully saturated rings. The third kappa shape index (κ3) is 13.5. The van der Waals surface area contributed by atoms with Crippen LogP contribution in [0.3, 0.4) is 0 Å². The summed E-state index contributed by atoms with van der Waals surface area (Å²) in [6.45, 7) is 0. The van der Waals surface area contributed by atoms with Crippen LogP contribution in [0.2, 0.25) is 0 Å². The van der Waals surface area contributed by atoms with E-state index in [0.29, 0.717) is 33.4 Å². The summed E-state index contributed by atoms with van der Waals surface area (Å²) in [6.07, 6.45) is -0.624. The zero-order valence-corrected chi connectivity index (χ0v) is 31.5. The molecule has 0 saturated heterocycles. The van der Waals surface area contributed by atoms with Crippen LogP contribution in [0, 0.1) is 0 Å². The molecule has 0 unspecified atom stereocenters. The first kappa shape index (κ1) is 47.0. The molecule has 0 atom stereocenters. The Balaban J connectivity index is -0.000000706. The summed E-state index contributed by atoms with van der Waals surface area (Å²) in [5.74, 6) is -2.94. The van der Waals surface area contributed by atoms with Crippen LogP contribution in [0.15, 0.2) is 93.9 Å². The van der Waals surface area contributed by atoms with Gasteiger partial charge in [-0.3, -0.25) is 9.59 Å². The summed E-state index contributed by atoms with van der Waals surface area (Å²) < 4.78 is 1.74. The van der Waals surface area contributed by atoms with Gasteiger partial charge < -0.3 is 47.7 Å². The molecule has 0 spiro atoms. The van der Waals surface area contributed by atoms with Crippen LogP contribution in [0.4, 0.5) is 11.4 Å². The van der Waals surface area contributed by atoms with Crippen LogP contribution >= 0.6 is 31.9 Å². The first-order valence-electron chi connectivity index (χ1n) is 11.7. The number of nitrogens with two attached hydrogens (primary N) is 2. The largest absolute Gasteiger partial charge is 1.00 e. The van der Waals surface area contributed by atoms with E-state index in [9.17, 15) is 29.4 Å². The summed E-state index contributed by atoms with van der Waals surface area (Å²) in [4.78, 5) is 46.0. The van der Waals surface area contributed by atoms with Gasteiger partial charge in [-0.05, 0) is 71.8 Å². The van der Waals surface area contributed by atoms with E-state index < -0.39 is 11.9 Å². The molecule has 0 bridgehead atoms. The standard InChI is InChI=1S/2C15H12BrNO3.2Na.3H2O/c2*16-11-6-4-9(5-7-11)15(20)12-3-1-2-10(14(12)17)8-13(18)19;;;;;/h2*1-7H,8,17H2,(H,18,19);;;3*1H2/q;;2*+1;;;/p-2. The number of rotatable bonds is 8. The number of hydrogen-bond acceptors (Lipinski definition) is 8. The third-order valence-corrected chi connectivity index (χ3v) is 6.82. The summed E-state index contributed by atoms with van der Waals surface area (Å²) in [7, 11) is 0. The maximum atomic E-state index is 12.4. The van der Waals surface area contributed by atoms with E-state index in [2.05, 4.69) is 31.9 Å². The van der Waals surface area contributed by atoms with E-state index in [1.165, 1.54) is 0 Å². The second kappa shape index (κ2) is 22.2. The quantitative estimate of drug-likeness (QED) is 0.0992. The van der Waals surface area contributed by atoms with E-state index >= 15 is 0 Å². The fourth-order valence-electron chi connectivity index (χ4n) is 3.75. The molecule has 0 heterocycles. The van der Waals surface area contributed by atoms with Crippen LogP contribution in [0.5, 0.6) is 0 Å². The van der Waals surface area contributed by atoms with E-state index in [0.717, 1.165) is 8.95 Å². The molecule has 4 rings (SSSR count). The van der Waals surface area contributed by atoms with Crippen molar-refractivity contribution in [1.29, 1.82) is 0 Å². The molecular weight excluding hydrogens is 738 g/mol. The average molecular weight is 766 g/mol. The number of halogens is 2. The molecular formula is C30H28Br2N2Na2O9. The number of carbonyl (C=O) groups excluding carboxylic acids is 4. The number of carboxylic acids is 2. The van der Waals surface area contributed by atoms with Crippen molar-refractivity contribution in [1.82, 2.24) is 0 Å². The molecule has 0 aliphatic carbocycles. The molecule has 0 aromatic heterocycles. The fourth-order valence-corrected chi connectivity index (χ4v) is 4.28. The predicted molar refractivity (Wildman–Crippen MR) is 165 cm³/mol. The Labute approximate surface area is 320 Å². The molecule has 0 aliphatic rings. The SMILES string of the molecule is Nc1c(CC(=O)[O-])cccc1C(=O)c1ccc(Br)cc1.Nc1c(CC(=O)[O-])cccc1C(=O)c1ccc(Br)cc1.O.O.O.[Na+].[Na+]. The zero-order chi connectivity index (χ0) is 29.4. The Bertz CT molecular complexity index is 1470. The molecule has 4 aromatic carbocycles. The molecule has 0 radical (unpaired) electrons. The Morgan fingerprint density at radius 3 is 1.09 bits per heavy atom. The minimum absolute atomic E-state index is 0. The Morgan fingerprint density at radius 2 is 0.822 bits per heavy atom. The number of aliphatic carboxylic acids is 2. The van der Waals surface area contributed by atoms with Crippen LogP contribution in [0.1, 0.15) is 43.0 Å². The molecule has 0 amide bonds. The Morgan fingerprint density at radius 1 is 0.533 bits per heavy atom. The van der Waals surface area contributed by atoms with Crippen LogP contribution in [-0.4, -0.2) is 39.9 Å². The Kier molecular flexibility index (Phi) is 23.2. The summed E-state index contributed by atoms with van der Waals surface area (Å²) in [5, 5.41) is 21.3. The third-order valence-electron chi connectivity index (χ3n) is 5.76. The second-order valence-corrected chi connectivity index (χ2v) is 10.4. The van der Waals surface area contributed by atoms with Gasteiger partial charge in [-0.2, -0.15) is 0 Å². The van der Waals surface area contributed by atoms with Gasteiger partial charge in [0.05, 0.1) is 0 Å². The number of carboxylic acid groups (broad SMARTS) is 2. The average Bonchev–Trinajstić information content (AvgIpc) is 2.91. The first-order chi connectivity index (χ1) is 19.0. The summed E-state index contributed by atoms with van der Waals surface area (Å²) >= 11 is 6.59. The number of nitrogen functional groups attached to an aromatic ring is 2. The van der Waals surface area contributed by atoms with Gasteiger partial charge in [0.2, 0.25) is 0 Å². The molecule has 228 valence electrons. The summed E-state index contributed by atoms with van der Waals surface area (Å²) in [5.41, 5.74) is 14.5. The Hall–Kier alpha value is -2.40. The number of ketones is 2. The monoisotopic (exact) mass is 764 g/mol. The van der Waals surface area contributed by atoms with Gasteiger partial charge in [0.25, 0.3) is 0 Å². The van der Waals surface area contributed by atoms with Crippen molar-refractivity contribution < 1.29 is 105 Å². The van der Waals surface area contributed by atoms with Crippen molar-refractivity contribution in [3.8, 4) is 0 Å². The summed E-state index contributed by atoms with van der Waals surface area (Å²) in [6, 6.07) is 23.3. The van der Waals surface area contributed by atoms with Crippen LogP contribution in [0.25, 0.3) is 0 Å². The van der Waals surface area contributed by atoms with Crippen molar-refractivity contribution in [2.75, 3.05) is 11.5 Å². The van der Waals surface area contributed by atoms with Crippen LogP contribution < -0.4 is 80.8 Å². The van der Waals surface area contributed by atoms with Gasteiger partial charge >= 0.3 is 59.1 Å². The van der Waals surface area contributed by atoms with E-state index in [-0.39, 0.29) is 111 Å². The van der Waals surface area contributed by atoms with Gasteiger partial charge in [-0.1, -0.05) is 56.1 Å². The number of carbonyl (C=O) groups is 4. The van der Waals surface area contributed by atoms with Crippen molar-refractivity contribution >= 4 is 66.7 Å². The normalized spacial score (nSPS) is 9.11. The molecule has 0 aliphatic heterocycles. The fraction of sp³-hybridized carbons (Fsp3) is 0.0667. The van der Waals surface area contributed by atoms with Gasteiger partial charge in [0, 0.05) is 67.4 Å². The second-order valence-electron chi connectivity index (χ2n) is 8.53. The molecule has 4 aromatic rings. The number of para-hydroxylation sites is 2. The minimum atomic E-state index is -1.23. The maximum absolute atomic E-state index is 12.4. The molecule has 45 heavy (non-hydrogen) atoms. The van der Waals surface area contributed by atoms with E-state index in [1.807, 2.05) is 0 Å². The van der Waals surface area contributed by atoms with Crippen molar-refractivity contribution in [3.63, 3.8) is 0 Å². The van der Waals surface area contributed by atoms with Crippen molar-refractivity contribution in [3.05, 3.63) is 127 Å². The zero-order valence-electron chi connectivity index (χ0n) is 24.4. The number of benzene rings is 4. The smallest absolute Gasteiger partial charge is 0.550 e. The number of hydrogen-bond donors (Lipinski definition) is 2. The van der Waals surface area contributed by atoms with Crippen LogP contribution in [-0.2, 0) is 22.4 Å². The molecule has 10 N–H and O–H groups in total. The topological polar surface area (TPSA) is 261 Å². The molecule has 0 saturated carbocycles. The number of anilines is 2. The molecule has 11 nitrogen and oxygen atoms in total. The van der Waals surface area contributed by atoms with E-state index in [1.54, 1.807) is 84.9 Å². The van der Waals surface area contributed by atoms with Crippen molar-refractivity contribution in [2.45, 2.75) is 12.8 Å². The van der Waals surface area contributed by atoms with Crippen molar-refractivity contribution in [2.24, 2.45) is 0 Å². The van der Waals surface area contributed by atoms with Gasteiger partial charge in [0.15, 0.2) is 11.6 Å². The van der Waals surface area contributed by atoms with Gasteiger partial charge in [-0.25, -0.2) is 0 Å². The van der Waals surface area contributed by atoms with E-state index in [4.69, 9.17) is 11.5 Å². The van der Waals surface area contributed by atoms with Gasteiger partial charge in [0.1, 0.15) is 0 Å². The molecule has 15 heteroatoms. The van der Waals surface area contributed by atoms with Gasteiger partial charge in [-0.15, -0.1) is 0 Å². The first-order valence-corrected chi connectivity index (χ1v) is 13.3.